The first-order valence-corrected chi connectivity index (χ1v) is 9.75. The summed E-state index contributed by atoms with van der Waals surface area (Å²) in [5.41, 5.74) is 2.96. The molecular weight excluding hydrogens is 348 g/mol. The quantitative estimate of drug-likeness (QED) is 0.876. The summed E-state index contributed by atoms with van der Waals surface area (Å²) in [5.74, 6) is -0.00102. The number of nitrogens with one attached hydrogen (secondary N) is 1. The third kappa shape index (κ3) is 4.68. The molecule has 0 bridgehead atoms. The van der Waals surface area contributed by atoms with Crippen molar-refractivity contribution in [1.29, 1.82) is 0 Å². The van der Waals surface area contributed by atoms with Gasteiger partial charge >= 0.3 is 0 Å². The maximum Gasteiger partial charge on any atom is 0.253 e. The van der Waals surface area contributed by atoms with Crippen LogP contribution < -0.4 is 5.32 Å². The number of rotatable bonds is 5. The number of carbonyl (C=O) groups is 2. The summed E-state index contributed by atoms with van der Waals surface area (Å²) in [4.78, 5) is 32.3. The maximum absolute atomic E-state index is 12.6. The molecule has 0 radical (unpaired) electrons. The Kier molecular flexibility index (Phi) is 6.00. The lowest BCUT2D eigenvalue weighted by molar-refractivity contribution is -0.114. The number of hydrogen-bond donors (Lipinski definition) is 1. The second kappa shape index (κ2) is 8.42. The van der Waals surface area contributed by atoms with Crippen molar-refractivity contribution >= 4 is 28.3 Å². The van der Waals surface area contributed by atoms with Gasteiger partial charge in [0.15, 0.2) is 5.13 Å². The number of nitrogens with zero attached hydrogens (tertiary/aromatic N) is 3. The van der Waals surface area contributed by atoms with Crippen LogP contribution in [0.4, 0.5) is 5.13 Å². The molecule has 1 N–H and O–H groups in total. The van der Waals surface area contributed by atoms with Gasteiger partial charge < -0.3 is 10.2 Å². The molecule has 1 aromatic heterocycles. The van der Waals surface area contributed by atoms with Gasteiger partial charge in [0.05, 0.1) is 5.69 Å². The normalized spacial score (nSPS) is 15.1. The van der Waals surface area contributed by atoms with E-state index in [1.54, 1.807) is 0 Å². The number of amides is 2. The lowest BCUT2D eigenvalue weighted by atomic mass is 10.1. The van der Waals surface area contributed by atoms with Gasteiger partial charge in [0.1, 0.15) is 0 Å². The summed E-state index contributed by atoms with van der Waals surface area (Å²) < 4.78 is 0. The van der Waals surface area contributed by atoms with Crippen LogP contribution in [0.2, 0.25) is 0 Å². The van der Waals surface area contributed by atoms with E-state index in [2.05, 4.69) is 22.1 Å². The topological polar surface area (TPSA) is 65.5 Å². The number of benzene rings is 1. The molecule has 0 spiro atoms. The second-order valence-electron chi connectivity index (χ2n) is 6.44. The predicted molar refractivity (Wildman–Crippen MR) is 103 cm³/mol. The average molecular weight is 372 g/mol. The Hall–Kier alpha value is -2.25. The van der Waals surface area contributed by atoms with Gasteiger partial charge in [-0.05, 0) is 24.1 Å². The molecule has 138 valence electrons. The molecule has 1 aliphatic rings. The highest BCUT2D eigenvalue weighted by Crippen LogP contribution is 2.18. The van der Waals surface area contributed by atoms with Crippen LogP contribution in [0, 0.1) is 0 Å². The molecule has 0 saturated carbocycles. The van der Waals surface area contributed by atoms with Crippen LogP contribution in [0.5, 0.6) is 0 Å². The minimum absolute atomic E-state index is 0.105. The Balaban J connectivity index is 1.51. The van der Waals surface area contributed by atoms with Gasteiger partial charge in [-0.25, -0.2) is 4.98 Å². The molecule has 0 unspecified atom stereocenters. The summed E-state index contributed by atoms with van der Waals surface area (Å²) >= 11 is 1.44. The third-order valence-corrected chi connectivity index (χ3v) is 5.30. The summed E-state index contributed by atoms with van der Waals surface area (Å²) in [5, 5.41) is 5.31. The highest BCUT2D eigenvalue weighted by molar-refractivity contribution is 7.13. The first-order chi connectivity index (χ1) is 12.5. The molecule has 0 aliphatic carbocycles. The third-order valence-electron chi connectivity index (χ3n) is 4.49. The lowest BCUT2D eigenvalue weighted by Crippen LogP contribution is -2.48. The zero-order valence-corrected chi connectivity index (χ0v) is 16.0. The first-order valence-electron chi connectivity index (χ1n) is 8.87. The molecule has 2 amide bonds. The maximum atomic E-state index is 12.6. The van der Waals surface area contributed by atoms with E-state index in [1.807, 2.05) is 34.5 Å². The fourth-order valence-electron chi connectivity index (χ4n) is 2.99. The largest absolute Gasteiger partial charge is 0.336 e. The van der Waals surface area contributed by atoms with E-state index in [-0.39, 0.29) is 11.8 Å². The van der Waals surface area contributed by atoms with Crippen LogP contribution in [0.3, 0.4) is 0 Å². The molecule has 3 rings (SSSR count). The smallest absolute Gasteiger partial charge is 0.253 e. The second-order valence-corrected chi connectivity index (χ2v) is 7.30. The number of hydrogen-bond acceptors (Lipinski definition) is 5. The van der Waals surface area contributed by atoms with Crippen LogP contribution in [0.1, 0.15) is 35.5 Å². The first kappa shape index (κ1) is 18.5. The molecule has 1 aliphatic heterocycles. The Labute approximate surface area is 157 Å². The van der Waals surface area contributed by atoms with Crippen LogP contribution in [-0.2, 0) is 17.8 Å². The van der Waals surface area contributed by atoms with Gasteiger partial charge in [-0.2, -0.15) is 0 Å². The van der Waals surface area contributed by atoms with Crippen molar-refractivity contribution in [3.05, 3.63) is 46.5 Å². The molecule has 0 atom stereocenters. The van der Waals surface area contributed by atoms with Crippen LogP contribution in [0.25, 0.3) is 0 Å². The van der Waals surface area contributed by atoms with Crippen LogP contribution in [-0.4, -0.2) is 52.8 Å². The van der Waals surface area contributed by atoms with E-state index >= 15 is 0 Å². The Morgan fingerprint density at radius 3 is 2.46 bits per heavy atom. The number of anilines is 1. The molecule has 2 aromatic rings. The molecule has 6 nitrogen and oxygen atoms in total. The van der Waals surface area contributed by atoms with Crippen molar-refractivity contribution in [2.24, 2.45) is 0 Å². The monoisotopic (exact) mass is 372 g/mol. The van der Waals surface area contributed by atoms with Gasteiger partial charge in [0.25, 0.3) is 5.91 Å². The molecule has 2 heterocycles. The van der Waals surface area contributed by atoms with Crippen molar-refractivity contribution in [3.8, 4) is 0 Å². The number of aryl methyl sites for hydroxylation is 1. The fourth-order valence-corrected chi connectivity index (χ4v) is 3.74. The minimum atomic E-state index is -0.106. The summed E-state index contributed by atoms with van der Waals surface area (Å²) in [7, 11) is 0. The lowest BCUT2D eigenvalue weighted by Gasteiger charge is -2.34. The highest BCUT2D eigenvalue weighted by Gasteiger charge is 2.22. The van der Waals surface area contributed by atoms with Crippen molar-refractivity contribution < 1.29 is 9.59 Å². The van der Waals surface area contributed by atoms with E-state index in [1.165, 1.54) is 23.8 Å². The Morgan fingerprint density at radius 1 is 1.15 bits per heavy atom. The van der Waals surface area contributed by atoms with E-state index in [4.69, 9.17) is 0 Å². The molecule has 7 heteroatoms. The Bertz CT molecular complexity index is 764. The molecular formula is C19H24N4O2S. The summed E-state index contributed by atoms with van der Waals surface area (Å²) in [6, 6.07) is 7.90. The molecule has 1 fully saturated rings. The van der Waals surface area contributed by atoms with E-state index in [9.17, 15) is 9.59 Å². The standard InChI is InChI=1S/C19H24N4O2S/c1-3-15-4-6-16(7-5-15)18(25)23-10-8-22(9-11-23)12-17-13-26-19(21-17)20-14(2)24/h4-7,13H,3,8-12H2,1-2H3,(H,20,21,24). The van der Waals surface area contributed by atoms with E-state index in [0.29, 0.717) is 5.13 Å². The van der Waals surface area contributed by atoms with Gasteiger partial charge in [-0.1, -0.05) is 19.1 Å². The van der Waals surface area contributed by atoms with Crippen molar-refractivity contribution in [2.45, 2.75) is 26.8 Å². The van der Waals surface area contributed by atoms with Gasteiger partial charge in [-0.15, -0.1) is 11.3 Å². The predicted octanol–water partition coefficient (Wildman–Crippen LogP) is 2.62. The average Bonchev–Trinajstić information content (AvgIpc) is 3.08. The van der Waals surface area contributed by atoms with Crippen molar-refractivity contribution in [1.82, 2.24) is 14.8 Å². The zero-order chi connectivity index (χ0) is 18.5. The zero-order valence-electron chi connectivity index (χ0n) is 15.2. The van der Waals surface area contributed by atoms with Crippen molar-refractivity contribution in [3.63, 3.8) is 0 Å². The molecule has 1 aromatic carbocycles. The number of carbonyl (C=O) groups excluding carboxylic acids is 2. The Morgan fingerprint density at radius 2 is 1.85 bits per heavy atom. The number of piperazine rings is 1. The van der Waals surface area contributed by atoms with E-state index in [0.717, 1.165) is 50.4 Å². The van der Waals surface area contributed by atoms with Gasteiger partial charge in [0.2, 0.25) is 5.91 Å². The van der Waals surface area contributed by atoms with Gasteiger partial charge in [0, 0.05) is 50.6 Å². The highest BCUT2D eigenvalue weighted by atomic mass is 32.1. The van der Waals surface area contributed by atoms with Gasteiger partial charge in [-0.3, -0.25) is 14.5 Å². The van der Waals surface area contributed by atoms with Crippen LogP contribution in [0.15, 0.2) is 29.6 Å². The van der Waals surface area contributed by atoms with Crippen LogP contribution >= 0.6 is 11.3 Å². The van der Waals surface area contributed by atoms with Crippen molar-refractivity contribution in [2.75, 3.05) is 31.5 Å². The van der Waals surface area contributed by atoms with E-state index < -0.39 is 0 Å². The SMILES string of the molecule is CCc1ccc(C(=O)N2CCN(Cc3csc(NC(C)=O)n3)CC2)cc1. The number of thiazole rings is 1. The fraction of sp³-hybridized carbons (Fsp3) is 0.421. The number of aromatic nitrogens is 1. The molecule has 26 heavy (non-hydrogen) atoms. The summed E-state index contributed by atoms with van der Waals surface area (Å²) in [6.45, 7) is 7.42. The summed E-state index contributed by atoms with van der Waals surface area (Å²) in [6.07, 6.45) is 0.980. The minimum Gasteiger partial charge on any atom is -0.336 e. The molecule has 1 saturated heterocycles.